The summed E-state index contributed by atoms with van der Waals surface area (Å²) in [6.07, 6.45) is 3.61. The van der Waals surface area contributed by atoms with Crippen LogP contribution in [-0.2, 0) is 0 Å². The number of hydrogen-bond donors (Lipinski definition) is 0. The monoisotopic (exact) mass is 404 g/mol. The summed E-state index contributed by atoms with van der Waals surface area (Å²) in [5, 5.41) is 10.6. The highest BCUT2D eigenvalue weighted by molar-refractivity contribution is 7.13. The second kappa shape index (κ2) is 7.40. The summed E-state index contributed by atoms with van der Waals surface area (Å²) in [6, 6.07) is 13.9. The summed E-state index contributed by atoms with van der Waals surface area (Å²) in [6.45, 7) is 3.38. The molecule has 1 atom stereocenters. The van der Waals surface area contributed by atoms with Crippen molar-refractivity contribution < 1.29 is 9.21 Å². The number of aryl methyl sites for hydroxylation is 1. The Kier molecular flexibility index (Phi) is 4.60. The van der Waals surface area contributed by atoms with Gasteiger partial charge in [0.25, 0.3) is 11.8 Å². The van der Waals surface area contributed by atoms with Gasteiger partial charge in [-0.3, -0.25) is 9.78 Å². The molecule has 1 amide bonds. The van der Waals surface area contributed by atoms with Crippen LogP contribution in [0, 0.1) is 6.92 Å². The van der Waals surface area contributed by atoms with E-state index in [1.165, 1.54) is 11.3 Å². The molecule has 1 aromatic carbocycles. The molecule has 1 aliphatic heterocycles. The van der Waals surface area contributed by atoms with Gasteiger partial charge in [0.05, 0.1) is 10.8 Å². The predicted octanol–water partition coefficient (Wildman–Crippen LogP) is 4.67. The van der Waals surface area contributed by atoms with Gasteiger partial charge in [-0.15, -0.1) is 21.5 Å². The van der Waals surface area contributed by atoms with E-state index in [9.17, 15) is 4.79 Å². The van der Waals surface area contributed by atoms with E-state index in [-0.39, 0.29) is 11.8 Å². The van der Waals surface area contributed by atoms with Crippen LogP contribution >= 0.6 is 11.3 Å². The van der Waals surface area contributed by atoms with Crippen LogP contribution in [0.15, 0.2) is 53.1 Å². The number of likely N-dealkylation sites (tertiary alicyclic amines) is 1. The topological polar surface area (TPSA) is 72.1 Å². The van der Waals surface area contributed by atoms with Crippen molar-refractivity contribution in [2.24, 2.45) is 0 Å². The minimum atomic E-state index is 0.0463. The summed E-state index contributed by atoms with van der Waals surface area (Å²) < 4.78 is 6.04. The number of thiophene rings is 1. The third-order valence-corrected chi connectivity index (χ3v) is 6.31. The second-order valence-electron chi connectivity index (χ2n) is 7.33. The summed E-state index contributed by atoms with van der Waals surface area (Å²) in [5.74, 6) is 1.14. The maximum atomic E-state index is 12.8. The largest absolute Gasteiger partial charge is 0.419 e. The van der Waals surface area contributed by atoms with Crippen molar-refractivity contribution in [3.05, 3.63) is 64.3 Å². The lowest BCUT2D eigenvalue weighted by Crippen LogP contribution is -2.38. The first-order chi connectivity index (χ1) is 14.2. The molecule has 0 N–H and O–H groups in total. The van der Waals surface area contributed by atoms with Gasteiger partial charge < -0.3 is 9.32 Å². The Bertz CT molecular complexity index is 1180. The van der Waals surface area contributed by atoms with Crippen molar-refractivity contribution in [3.8, 4) is 11.6 Å². The number of carbonyl (C=O) groups is 1. The van der Waals surface area contributed by atoms with Gasteiger partial charge in [0, 0.05) is 29.5 Å². The maximum Gasteiger partial charge on any atom is 0.266 e. The van der Waals surface area contributed by atoms with Crippen molar-refractivity contribution >= 4 is 28.0 Å². The van der Waals surface area contributed by atoms with Crippen LogP contribution in [0.4, 0.5) is 0 Å². The Labute approximate surface area is 172 Å². The van der Waals surface area contributed by atoms with Crippen LogP contribution in [-0.4, -0.2) is 39.1 Å². The van der Waals surface area contributed by atoms with E-state index < -0.39 is 0 Å². The zero-order valence-electron chi connectivity index (χ0n) is 16.0. The molecule has 0 bridgehead atoms. The number of aromatic nitrogens is 3. The molecule has 0 spiro atoms. The minimum absolute atomic E-state index is 0.0463. The smallest absolute Gasteiger partial charge is 0.266 e. The van der Waals surface area contributed by atoms with Crippen molar-refractivity contribution in [2.45, 2.75) is 25.7 Å². The van der Waals surface area contributed by atoms with Gasteiger partial charge in [-0.25, -0.2) is 0 Å². The standard InChI is InChI=1S/C22H20N4O2S/c1-14-8-9-18(29-14)22(27)26-12-4-6-16(13-26)20-24-25-21(28-20)19-17-7-3-2-5-15(17)10-11-23-19/h2-3,5,7-11,16H,4,6,12-13H2,1H3. The Morgan fingerprint density at radius 2 is 2.07 bits per heavy atom. The van der Waals surface area contributed by atoms with Gasteiger partial charge in [-0.1, -0.05) is 24.3 Å². The highest BCUT2D eigenvalue weighted by Gasteiger charge is 2.29. The summed E-state index contributed by atoms with van der Waals surface area (Å²) >= 11 is 1.54. The molecular formula is C22H20N4O2S. The average Bonchev–Trinajstić information content (AvgIpc) is 3.42. The van der Waals surface area contributed by atoms with Gasteiger partial charge >= 0.3 is 0 Å². The molecule has 4 aromatic rings. The number of hydrogen-bond acceptors (Lipinski definition) is 6. The normalized spacial score (nSPS) is 17.0. The first-order valence-electron chi connectivity index (χ1n) is 9.72. The van der Waals surface area contributed by atoms with Crippen LogP contribution in [0.2, 0.25) is 0 Å². The highest BCUT2D eigenvalue weighted by atomic mass is 32.1. The average molecular weight is 404 g/mol. The molecule has 1 saturated heterocycles. The molecule has 6 nitrogen and oxygen atoms in total. The van der Waals surface area contributed by atoms with E-state index >= 15 is 0 Å². The van der Waals surface area contributed by atoms with Crippen molar-refractivity contribution in [1.82, 2.24) is 20.1 Å². The zero-order chi connectivity index (χ0) is 19.8. The molecule has 3 aromatic heterocycles. The quantitative estimate of drug-likeness (QED) is 0.496. The number of carbonyl (C=O) groups excluding carboxylic acids is 1. The summed E-state index contributed by atoms with van der Waals surface area (Å²) in [7, 11) is 0. The lowest BCUT2D eigenvalue weighted by atomic mass is 9.98. The molecule has 0 aliphatic carbocycles. The Morgan fingerprint density at radius 3 is 2.93 bits per heavy atom. The Balaban J connectivity index is 1.39. The molecule has 0 radical (unpaired) electrons. The molecule has 5 rings (SSSR count). The number of benzene rings is 1. The van der Waals surface area contributed by atoms with Gasteiger partial charge in [-0.05, 0) is 43.4 Å². The molecule has 7 heteroatoms. The fourth-order valence-electron chi connectivity index (χ4n) is 3.85. The van der Waals surface area contributed by atoms with Gasteiger partial charge in [0.1, 0.15) is 5.69 Å². The fourth-order valence-corrected chi connectivity index (χ4v) is 4.69. The number of piperidine rings is 1. The van der Waals surface area contributed by atoms with Gasteiger partial charge in [-0.2, -0.15) is 0 Å². The third kappa shape index (κ3) is 3.42. The molecule has 1 fully saturated rings. The minimum Gasteiger partial charge on any atom is -0.419 e. The van der Waals surface area contributed by atoms with E-state index in [0.717, 1.165) is 39.9 Å². The lowest BCUT2D eigenvalue weighted by molar-refractivity contribution is 0.0703. The second-order valence-corrected chi connectivity index (χ2v) is 8.61. The van der Waals surface area contributed by atoms with Gasteiger partial charge in [0.2, 0.25) is 5.89 Å². The molecule has 1 aliphatic rings. The van der Waals surface area contributed by atoms with E-state index in [0.29, 0.717) is 24.0 Å². The van der Waals surface area contributed by atoms with Gasteiger partial charge in [0.15, 0.2) is 0 Å². The fraction of sp³-hybridized carbons (Fsp3) is 0.273. The number of fused-ring (bicyclic) bond motifs is 1. The molecular weight excluding hydrogens is 384 g/mol. The molecule has 1 unspecified atom stereocenters. The lowest BCUT2D eigenvalue weighted by Gasteiger charge is -2.30. The first-order valence-corrected chi connectivity index (χ1v) is 10.5. The van der Waals surface area contributed by atoms with Crippen LogP contribution in [0.25, 0.3) is 22.4 Å². The SMILES string of the molecule is Cc1ccc(C(=O)N2CCCC(c3nnc(-c4nccc5ccccc45)o3)C2)s1. The van der Waals surface area contributed by atoms with E-state index in [2.05, 4.69) is 15.2 Å². The summed E-state index contributed by atoms with van der Waals surface area (Å²) in [4.78, 5) is 21.1. The molecule has 4 heterocycles. The number of pyridine rings is 1. The number of nitrogens with zero attached hydrogens (tertiary/aromatic N) is 4. The van der Waals surface area contributed by atoms with Crippen LogP contribution in [0.3, 0.4) is 0 Å². The van der Waals surface area contributed by atoms with Crippen molar-refractivity contribution in [1.29, 1.82) is 0 Å². The Morgan fingerprint density at radius 1 is 1.17 bits per heavy atom. The summed E-state index contributed by atoms with van der Waals surface area (Å²) in [5.41, 5.74) is 0.694. The van der Waals surface area contributed by atoms with Crippen LogP contribution < -0.4 is 0 Å². The molecule has 146 valence electrons. The van der Waals surface area contributed by atoms with Crippen LogP contribution in [0.5, 0.6) is 0 Å². The van der Waals surface area contributed by atoms with E-state index in [4.69, 9.17) is 4.42 Å². The van der Waals surface area contributed by atoms with Crippen molar-refractivity contribution in [2.75, 3.05) is 13.1 Å². The Hall–Kier alpha value is -3.06. The van der Waals surface area contributed by atoms with Crippen LogP contribution in [0.1, 0.15) is 39.2 Å². The first kappa shape index (κ1) is 18.0. The highest BCUT2D eigenvalue weighted by Crippen LogP contribution is 2.31. The molecule has 29 heavy (non-hydrogen) atoms. The third-order valence-electron chi connectivity index (χ3n) is 5.33. The number of rotatable bonds is 3. The zero-order valence-corrected chi connectivity index (χ0v) is 16.9. The predicted molar refractivity (Wildman–Crippen MR) is 112 cm³/mol. The van der Waals surface area contributed by atoms with Crippen molar-refractivity contribution in [3.63, 3.8) is 0 Å². The molecule has 0 saturated carbocycles. The van der Waals surface area contributed by atoms with E-state index in [1.807, 2.05) is 54.3 Å². The van der Waals surface area contributed by atoms with E-state index in [1.54, 1.807) is 6.20 Å². The maximum absolute atomic E-state index is 12.8. The number of amides is 1.